The normalized spacial score (nSPS) is 15.2. The topological polar surface area (TPSA) is 43.4 Å². The van der Waals surface area contributed by atoms with Crippen molar-refractivity contribution in [1.82, 2.24) is 0 Å². The minimum absolute atomic E-state index is 0.318. The second-order valence-electron chi connectivity index (χ2n) is 4.08. The minimum Gasteiger partial charge on any atom is -0.385 e. The van der Waals surface area contributed by atoms with Gasteiger partial charge >= 0.3 is 0 Å². The Morgan fingerprint density at radius 2 is 1.94 bits per heavy atom. The largest absolute Gasteiger partial charge is 0.385 e. The summed E-state index contributed by atoms with van der Waals surface area (Å²) in [6.07, 6.45) is 1.87. The van der Waals surface area contributed by atoms with Gasteiger partial charge in [-0.2, -0.15) is 0 Å². The van der Waals surface area contributed by atoms with Crippen molar-refractivity contribution in [2.24, 2.45) is 0 Å². The highest BCUT2D eigenvalue weighted by Crippen LogP contribution is 2.29. The average molecular weight is 254 g/mol. The lowest BCUT2D eigenvalue weighted by atomic mass is 10.1. The van der Waals surface area contributed by atoms with Crippen molar-refractivity contribution < 1.29 is 13.2 Å². The first kappa shape index (κ1) is 13.9. The van der Waals surface area contributed by atoms with Crippen molar-refractivity contribution in [1.29, 1.82) is 0 Å². The summed E-state index contributed by atoms with van der Waals surface area (Å²) in [4.78, 5) is 0.318. The minimum atomic E-state index is -3.42. The lowest BCUT2D eigenvalue weighted by Crippen LogP contribution is -2.34. The zero-order valence-electron chi connectivity index (χ0n) is 10.2. The molecular formula is C13H18O3S. The van der Waals surface area contributed by atoms with Gasteiger partial charge < -0.3 is 4.74 Å². The van der Waals surface area contributed by atoms with E-state index in [0.29, 0.717) is 17.9 Å². The molecule has 0 N–H and O–H groups in total. The van der Waals surface area contributed by atoms with E-state index in [1.54, 1.807) is 44.4 Å². The molecule has 94 valence electrons. The molecule has 17 heavy (non-hydrogen) atoms. The van der Waals surface area contributed by atoms with Gasteiger partial charge in [-0.15, -0.1) is 6.58 Å². The Kier molecular flexibility index (Phi) is 4.48. The van der Waals surface area contributed by atoms with Crippen molar-refractivity contribution >= 4 is 9.84 Å². The van der Waals surface area contributed by atoms with E-state index in [0.717, 1.165) is 0 Å². The van der Waals surface area contributed by atoms with Gasteiger partial charge in [-0.1, -0.05) is 24.3 Å². The predicted octanol–water partition coefficient (Wildman–Crippen LogP) is 2.44. The van der Waals surface area contributed by atoms with E-state index in [1.807, 2.05) is 0 Å². The number of ether oxygens (including phenoxy) is 1. The van der Waals surface area contributed by atoms with Crippen LogP contribution in [0.1, 0.15) is 13.3 Å². The van der Waals surface area contributed by atoms with Crippen molar-refractivity contribution in [3.05, 3.63) is 43.0 Å². The first-order chi connectivity index (χ1) is 7.98. The summed E-state index contributed by atoms with van der Waals surface area (Å²) in [5.41, 5.74) is 0. The average Bonchev–Trinajstić information content (AvgIpc) is 2.36. The zero-order valence-corrected chi connectivity index (χ0v) is 11.0. The number of rotatable bonds is 6. The van der Waals surface area contributed by atoms with Crippen LogP contribution in [0.4, 0.5) is 0 Å². The van der Waals surface area contributed by atoms with Gasteiger partial charge in [0.1, 0.15) is 0 Å². The van der Waals surface area contributed by atoms with E-state index in [1.165, 1.54) is 6.08 Å². The van der Waals surface area contributed by atoms with Crippen LogP contribution in [-0.4, -0.2) is 26.9 Å². The van der Waals surface area contributed by atoms with E-state index in [2.05, 4.69) is 6.58 Å². The first-order valence-corrected chi connectivity index (χ1v) is 6.88. The molecule has 0 fully saturated rings. The third kappa shape index (κ3) is 2.76. The van der Waals surface area contributed by atoms with Crippen LogP contribution in [0.25, 0.3) is 0 Å². The SMILES string of the molecule is C=C[C@@](C)(CCOC)S(=O)(=O)c1ccccc1. The van der Waals surface area contributed by atoms with Gasteiger partial charge in [0.05, 0.1) is 9.64 Å². The number of hydrogen-bond acceptors (Lipinski definition) is 3. The Bertz CT molecular complexity index is 465. The first-order valence-electron chi connectivity index (χ1n) is 5.40. The molecule has 0 saturated heterocycles. The summed E-state index contributed by atoms with van der Waals surface area (Å²) < 4.78 is 28.9. The summed E-state index contributed by atoms with van der Waals surface area (Å²) >= 11 is 0. The maximum Gasteiger partial charge on any atom is 0.187 e. The van der Waals surface area contributed by atoms with Gasteiger partial charge in [0.2, 0.25) is 0 Å². The molecule has 0 bridgehead atoms. The number of hydrogen-bond donors (Lipinski definition) is 0. The molecule has 0 spiro atoms. The second-order valence-corrected chi connectivity index (χ2v) is 6.49. The Morgan fingerprint density at radius 3 is 2.41 bits per heavy atom. The van der Waals surface area contributed by atoms with Crippen LogP contribution < -0.4 is 0 Å². The monoisotopic (exact) mass is 254 g/mol. The van der Waals surface area contributed by atoms with Gasteiger partial charge in [0, 0.05) is 13.7 Å². The van der Waals surface area contributed by atoms with E-state index < -0.39 is 14.6 Å². The maximum atomic E-state index is 12.5. The molecule has 0 heterocycles. The fourth-order valence-corrected chi connectivity index (χ4v) is 3.15. The van der Waals surface area contributed by atoms with E-state index in [-0.39, 0.29) is 0 Å². The molecule has 0 saturated carbocycles. The van der Waals surface area contributed by atoms with Gasteiger partial charge in [0.25, 0.3) is 0 Å². The lowest BCUT2D eigenvalue weighted by molar-refractivity contribution is 0.189. The molecule has 4 heteroatoms. The highest BCUT2D eigenvalue weighted by atomic mass is 32.2. The van der Waals surface area contributed by atoms with Crippen molar-refractivity contribution in [2.75, 3.05) is 13.7 Å². The fourth-order valence-electron chi connectivity index (χ4n) is 1.52. The summed E-state index contributed by atoms with van der Waals surface area (Å²) in [7, 11) is -1.87. The molecule has 1 atom stereocenters. The Hall–Kier alpha value is -1.13. The predicted molar refractivity (Wildman–Crippen MR) is 68.7 cm³/mol. The molecule has 0 aliphatic rings. The third-order valence-electron chi connectivity index (χ3n) is 2.90. The summed E-state index contributed by atoms with van der Waals surface area (Å²) in [6.45, 7) is 5.69. The number of methoxy groups -OCH3 is 1. The van der Waals surface area contributed by atoms with E-state index >= 15 is 0 Å². The third-order valence-corrected chi connectivity index (χ3v) is 5.39. The van der Waals surface area contributed by atoms with Crippen LogP contribution in [0.5, 0.6) is 0 Å². The smallest absolute Gasteiger partial charge is 0.187 e. The number of benzene rings is 1. The zero-order chi connectivity index (χ0) is 12.9. The van der Waals surface area contributed by atoms with Crippen molar-refractivity contribution in [3.8, 4) is 0 Å². The molecular weight excluding hydrogens is 236 g/mol. The molecule has 0 aliphatic heterocycles. The van der Waals surface area contributed by atoms with Crippen molar-refractivity contribution in [2.45, 2.75) is 23.0 Å². The van der Waals surface area contributed by atoms with Crippen LogP contribution in [0.3, 0.4) is 0 Å². The Labute approximate surface area is 103 Å². The Balaban J connectivity index is 3.15. The van der Waals surface area contributed by atoms with Gasteiger partial charge in [-0.3, -0.25) is 0 Å². The van der Waals surface area contributed by atoms with Crippen LogP contribution in [0.2, 0.25) is 0 Å². The molecule has 0 aliphatic carbocycles. The molecule has 3 nitrogen and oxygen atoms in total. The fraction of sp³-hybridized carbons (Fsp3) is 0.385. The molecule has 0 radical (unpaired) electrons. The molecule has 0 aromatic heterocycles. The quantitative estimate of drug-likeness (QED) is 0.732. The Morgan fingerprint density at radius 1 is 1.35 bits per heavy atom. The number of sulfone groups is 1. The standard InChI is InChI=1S/C13H18O3S/c1-4-13(2,10-11-16-3)17(14,15)12-8-6-5-7-9-12/h4-9H,1,10-11H2,2-3H3/t13-/m0/s1. The van der Waals surface area contributed by atoms with Gasteiger partial charge in [-0.05, 0) is 25.5 Å². The van der Waals surface area contributed by atoms with Crippen LogP contribution >= 0.6 is 0 Å². The van der Waals surface area contributed by atoms with E-state index in [9.17, 15) is 8.42 Å². The van der Waals surface area contributed by atoms with Gasteiger partial charge in [0.15, 0.2) is 9.84 Å². The van der Waals surface area contributed by atoms with Crippen LogP contribution in [0.15, 0.2) is 47.9 Å². The summed E-state index contributed by atoms with van der Waals surface area (Å²) in [5, 5.41) is 0. The molecule has 0 amide bonds. The highest BCUT2D eigenvalue weighted by Gasteiger charge is 2.36. The van der Waals surface area contributed by atoms with Crippen LogP contribution in [-0.2, 0) is 14.6 Å². The second kappa shape index (κ2) is 5.47. The summed E-state index contributed by atoms with van der Waals surface area (Å²) in [6, 6.07) is 8.42. The van der Waals surface area contributed by atoms with Gasteiger partial charge in [-0.25, -0.2) is 8.42 Å². The maximum absolute atomic E-state index is 12.5. The van der Waals surface area contributed by atoms with E-state index in [4.69, 9.17) is 4.74 Å². The molecule has 1 aromatic carbocycles. The summed E-state index contributed by atoms with van der Waals surface area (Å²) in [5.74, 6) is 0. The molecule has 1 aromatic rings. The highest BCUT2D eigenvalue weighted by molar-refractivity contribution is 7.93. The van der Waals surface area contributed by atoms with Crippen molar-refractivity contribution in [3.63, 3.8) is 0 Å². The lowest BCUT2D eigenvalue weighted by Gasteiger charge is -2.25. The molecule has 1 rings (SSSR count). The van der Waals surface area contributed by atoms with Crippen LogP contribution in [0, 0.1) is 0 Å². The molecule has 0 unspecified atom stereocenters.